The maximum absolute atomic E-state index is 6.28. The first-order chi connectivity index (χ1) is 6.39. The Morgan fingerprint density at radius 1 is 1.43 bits per heavy atom. The molecule has 1 aromatic rings. The highest BCUT2D eigenvalue weighted by Crippen LogP contribution is 2.27. The molecule has 3 heteroatoms. The molecule has 0 aliphatic heterocycles. The van der Waals surface area contributed by atoms with Gasteiger partial charge in [-0.25, -0.2) is 0 Å². The zero-order valence-corrected chi connectivity index (χ0v) is 11.1. The van der Waals surface area contributed by atoms with Crippen molar-refractivity contribution in [1.29, 1.82) is 0 Å². The summed E-state index contributed by atoms with van der Waals surface area (Å²) in [7, 11) is 0. The van der Waals surface area contributed by atoms with Gasteiger partial charge >= 0.3 is 0 Å². The maximum atomic E-state index is 6.28. The van der Waals surface area contributed by atoms with Crippen molar-refractivity contribution in [2.75, 3.05) is 0 Å². The molecule has 1 atom stereocenters. The van der Waals surface area contributed by atoms with E-state index in [0.29, 0.717) is 0 Å². The number of halogens is 2. The molecule has 0 fully saturated rings. The van der Waals surface area contributed by atoms with Crippen LogP contribution in [0.1, 0.15) is 26.5 Å². The monoisotopic (exact) mass is 275 g/mol. The molecular formula is C11H15BrClN. The largest absolute Gasteiger partial charge is 0.260 e. The lowest BCUT2D eigenvalue weighted by Crippen LogP contribution is -2.23. The number of nitrogens with zero attached hydrogens (tertiary/aromatic N) is 1. The average molecular weight is 277 g/mol. The van der Waals surface area contributed by atoms with E-state index in [1.807, 2.05) is 18.3 Å². The van der Waals surface area contributed by atoms with Gasteiger partial charge in [-0.05, 0) is 33.5 Å². The Balaban J connectivity index is 2.65. The molecule has 78 valence electrons. The summed E-state index contributed by atoms with van der Waals surface area (Å²) in [5.41, 5.74) is 1.17. The third kappa shape index (κ3) is 3.58. The van der Waals surface area contributed by atoms with Crippen LogP contribution in [0.4, 0.5) is 0 Å². The predicted octanol–water partition coefficient (Wildman–Crippen LogP) is 4.04. The lowest BCUT2D eigenvalue weighted by Gasteiger charge is -2.24. The van der Waals surface area contributed by atoms with Crippen LogP contribution in [0.5, 0.6) is 0 Å². The summed E-state index contributed by atoms with van der Waals surface area (Å²) in [6, 6.07) is 4.00. The van der Waals surface area contributed by atoms with Gasteiger partial charge in [-0.1, -0.05) is 20.8 Å². The minimum absolute atomic E-state index is 0.121. The van der Waals surface area contributed by atoms with E-state index in [2.05, 4.69) is 41.7 Å². The number of aromatic nitrogens is 1. The minimum Gasteiger partial charge on any atom is -0.260 e. The van der Waals surface area contributed by atoms with Crippen molar-refractivity contribution in [3.05, 3.63) is 28.5 Å². The molecule has 0 aromatic carbocycles. The van der Waals surface area contributed by atoms with Gasteiger partial charge in [0.1, 0.15) is 0 Å². The normalized spacial score (nSPS) is 14.1. The van der Waals surface area contributed by atoms with Crippen LogP contribution in [-0.4, -0.2) is 10.4 Å². The number of pyridine rings is 1. The van der Waals surface area contributed by atoms with Crippen molar-refractivity contribution in [3.8, 4) is 0 Å². The Labute approximate surface area is 99.0 Å². The molecular weight excluding hydrogens is 261 g/mol. The van der Waals surface area contributed by atoms with Gasteiger partial charge in [0.05, 0.1) is 0 Å². The van der Waals surface area contributed by atoms with Gasteiger partial charge in [0, 0.05) is 28.2 Å². The molecule has 1 aromatic heterocycles. The highest BCUT2D eigenvalue weighted by atomic mass is 79.9. The second-order valence-electron chi connectivity index (χ2n) is 4.51. The number of rotatable bonds is 2. The van der Waals surface area contributed by atoms with E-state index in [0.717, 1.165) is 16.6 Å². The van der Waals surface area contributed by atoms with E-state index in [9.17, 15) is 0 Å². The Bertz CT molecular complexity index is 289. The lowest BCUT2D eigenvalue weighted by atomic mass is 9.89. The highest BCUT2D eigenvalue weighted by molar-refractivity contribution is 9.10. The molecule has 1 unspecified atom stereocenters. The molecule has 0 saturated carbocycles. The summed E-state index contributed by atoms with van der Waals surface area (Å²) in [4.78, 5) is 4.30. The second kappa shape index (κ2) is 4.63. The molecule has 1 rings (SSSR count). The van der Waals surface area contributed by atoms with Gasteiger partial charge in [0.15, 0.2) is 0 Å². The quantitative estimate of drug-likeness (QED) is 0.743. The summed E-state index contributed by atoms with van der Waals surface area (Å²) in [6.07, 6.45) is 2.62. The third-order valence-electron chi connectivity index (χ3n) is 2.12. The summed E-state index contributed by atoms with van der Waals surface area (Å²) >= 11 is 9.64. The minimum atomic E-state index is 0.121. The van der Waals surface area contributed by atoms with Crippen LogP contribution < -0.4 is 0 Å². The summed E-state index contributed by atoms with van der Waals surface area (Å²) in [5.74, 6) is 0. The topological polar surface area (TPSA) is 12.9 Å². The van der Waals surface area contributed by atoms with E-state index in [1.165, 1.54) is 0 Å². The van der Waals surface area contributed by atoms with Crippen LogP contribution in [0.15, 0.2) is 22.8 Å². The number of hydrogen-bond donors (Lipinski definition) is 0. The zero-order valence-electron chi connectivity index (χ0n) is 8.72. The molecule has 0 radical (unpaired) electrons. The standard InChI is InChI=1S/C11H15BrClN/c1-11(2,3)10(13)6-9-5-4-8(12)7-14-9/h4-5,7,10H,6H2,1-3H3. The van der Waals surface area contributed by atoms with E-state index in [1.54, 1.807) is 0 Å². The lowest BCUT2D eigenvalue weighted by molar-refractivity contribution is 0.384. The summed E-state index contributed by atoms with van der Waals surface area (Å²) in [6.45, 7) is 6.43. The predicted molar refractivity (Wildman–Crippen MR) is 64.7 cm³/mol. The molecule has 0 spiro atoms. The molecule has 0 bridgehead atoms. The first-order valence-electron chi connectivity index (χ1n) is 4.64. The Morgan fingerprint density at radius 2 is 2.07 bits per heavy atom. The molecule has 14 heavy (non-hydrogen) atoms. The molecule has 1 nitrogen and oxygen atoms in total. The number of hydrogen-bond acceptors (Lipinski definition) is 1. The van der Waals surface area contributed by atoms with Crippen molar-refractivity contribution in [1.82, 2.24) is 4.98 Å². The van der Waals surface area contributed by atoms with Gasteiger partial charge in [-0.3, -0.25) is 4.98 Å². The molecule has 0 aliphatic carbocycles. The first-order valence-corrected chi connectivity index (χ1v) is 5.87. The molecule has 0 saturated heterocycles. The van der Waals surface area contributed by atoms with Crippen LogP contribution in [0.3, 0.4) is 0 Å². The van der Waals surface area contributed by atoms with Crippen molar-refractivity contribution < 1.29 is 0 Å². The van der Waals surface area contributed by atoms with Crippen molar-refractivity contribution in [3.63, 3.8) is 0 Å². The van der Waals surface area contributed by atoms with E-state index >= 15 is 0 Å². The van der Waals surface area contributed by atoms with Gasteiger partial charge in [0.2, 0.25) is 0 Å². The smallest absolute Gasteiger partial charge is 0.0439 e. The van der Waals surface area contributed by atoms with Crippen LogP contribution in [0.25, 0.3) is 0 Å². The van der Waals surface area contributed by atoms with Crippen LogP contribution >= 0.6 is 27.5 Å². The van der Waals surface area contributed by atoms with Gasteiger partial charge in [-0.15, -0.1) is 11.6 Å². The summed E-state index contributed by atoms with van der Waals surface area (Å²) < 4.78 is 1.00. The van der Waals surface area contributed by atoms with Gasteiger partial charge < -0.3 is 0 Å². The van der Waals surface area contributed by atoms with Gasteiger partial charge in [-0.2, -0.15) is 0 Å². The molecule has 1 heterocycles. The fourth-order valence-electron chi connectivity index (χ4n) is 1.02. The summed E-state index contributed by atoms with van der Waals surface area (Å²) in [5, 5.41) is 0.121. The van der Waals surface area contributed by atoms with Gasteiger partial charge in [0.25, 0.3) is 0 Å². The van der Waals surface area contributed by atoms with E-state index < -0.39 is 0 Å². The molecule has 0 amide bonds. The van der Waals surface area contributed by atoms with E-state index in [-0.39, 0.29) is 10.8 Å². The van der Waals surface area contributed by atoms with E-state index in [4.69, 9.17) is 11.6 Å². The second-order valence-corrected chi connectivity index (χ2v) is 5.95. The molecule has 0 aliphatic rings. The van der Waals surface area contributed by atoms with Crippen molar-refractivity contribution in [2.45, 2.75) is 32.6 Å². The Kier molecular flexibility index (Phi) is 3.96. The fraction of sp³-hybridized carbons (Fsp3) is 0.545. The Hall–Kier alpha value is -0.0800. The SMILES string of the molecule is CC(C)(C)C(Cl)Cc1ccc(Br)cn1. The van der Waals surface area contributed by atoms with Crippen molar-refractivity contribution in [2.24, 2.45) is 5.41 Å². The van der Waals surface area contributed by atoms with Crippen LogP contribution in [-0.2, 0) is 6.42 Å². The average Bonchev–Trinajstić information content (AvgIpc) is 2.07. The van der Waals surface area contributed by atoms with Crippen LogP contribution in [0.2, 0.25) is 0 Å². The first kappa shape index (κ1) is 12.0. The molecule has 0 N–H and O–H groups in total. The zero-order chi connectivity index (χ0) is 10.8. The number of alkyl halides is 1. The van der Waals surface area contributed by atoms with Crippen molar-refractivity contribution >= 4 is 27.5 Å². The van der Waals surface area contributed by atoms with Crippen LogP contribution in [0, 0.1) is 5.41 Å². The fourth-order valence-corrected chi connectivity index (χ4v) is 1.41. The maximum Gasteiger partial charge on any atom is 0.0439 e. The Morgan fingerprint density at radius 3 is 2.50 bits per heavy atom. The highest BCUT2D eigenvalue weighted by Gasteiger charge is 2.22. The third-order valence-corrected chi connectivity index (χ3v) is 3.39.